The maximum Gasteiger partial charge on any atom is 0.416 e. The summed E-state index contributed by atoms with van der Waals surface area (Å²) in [7, 11) is 0. The van der Waals surface area contributed by atoms with Gasteiger partial charge in [-0.15, -0.1) is 0 Å². The highest BCUT2D eigenvalue weighted by Gasteiger charge is 2.29. The van der Waals surface area contributed by atoms with Gasteiger partial charge in [0, 0.05) is 35.8 Å². The number of halogens is 4. The Morgan fingerprint density at radius 2 is 1.56 bits per heavy atom. The molecule has 4 aromatic rings. The van der Waals surface area contributed by atoms with Gasteiger partial charge < -0.3 is 10.6 Å². The molecule has 0 radical (unpaired) electrons. The minimum atomic E-state index is -4.40. The van der Waals surface area contributed by atoms with E-state index in [2.05, 4.69) is 20.6 Å². The summed E-state index contributed by atoms with van der Waals surface area (Å²) in [5.74, 6) is -0.443. The molecule has 0 saturated carbocycles. The van der Waals surface area contributed by atoms with Crippen LogP contribution in [0.5, 0.6) is 0 Å². The van der Waals surface area contributed by atoms with Gasteiger partial charge in [0.25, 0.3) is 5.91 Å². The molecule has 5 nitrogen and oxygen atoms in total. The van der Waals surface area contributed by atoms with Crippen LogP contribution in [0.3, 0.4) is 0 Å². The summed E-state index contributed by atoms with van der Waals surface area (Å²) >= 11 is 0. The largest absolute Gasteiger partial charge is 0.416 e. The van der Waals surface area contributed by atoms with E-state index >= 15 is 0 Å². The smallest absolute Gasteiger partial charge is 0.348 e. The van der Waals surface area contributed by atoms with Crippen molar-refractivity contribution in [3.8, 4) is 11.1 Å². The first-order valence-corrected chi connectivity index (χ1v) is 10.2. The number of hydrogen-bond donors (Lipinski definition) is 2. The van der Waals surface area contributed by atoms with Gasteiger partial charge in [0.2, 0.25) is 5.95 Å². The van der Waals surface area contributed by atoms with Crippen LogP contribution in [0, 0.1) is 5.82 Å². The quantitative estimate of drug-likeness (QED) is 0.344. The molecule has 9 heteroatoms. The number of nitrogens with zero attached hydrogens (tertiary/aromatic N) is 2. The first-order valence-electron chi connectivity index (χ1n) is 10.2. The number of carbonyl (C=O) groups excluding carboxylic acids is 1. The topological polar surface area (TPSA) is 66.9 Å². The van der Waals surface area contributed by atoms with Crippen LogP contribution in [0.2, 0.25) is 0 Å². The van der Waals surface area contributed by atoms with Crippen LogP contribution in [0.4, 0.5) is 29.2 Å². The molecule has 0 aliphatic rings. The molecule has 0 aliphatic heterocycles. The van der Waals surface area contributed by atoms with Crippen LogP contribution >= 0.6 is 0 Å². The van der Waals surface area contributed by atoms with E-state index in [0.717, 1.165) is 12.1 Å². The molecule has 0 spiro atoms. The van der Waals surface area contributed by atoms with Gasteiger partial charge >= 0.3 is 6.18 Å². The molecule has 34 heavy (non-hydrogen) atoms. The number of rotatable bonds is 6. The summed E-state index contributed by atoms with van der Waals surface area (Å²) in [6.07, 6.45) is -1.28. The fourth-order valence-corrected chi connectivity index (χ4v) is 3.17. The van der Waals surface area contributed by atoms with Crippen molar-refractivity contribution in [3.05, 3.63) is 108 Å². The Hall–Kier alpha value is -4.27. The highest BCUT2D eigenvalue weighted by atomic mass is 19.4. The normalized spacial score (nSPS) is 11.2. The predicted octanol–water partition coefficient (Wildman–Crippen LogP) is 5.98. The number of alkyl halides is 3. The SMILES string of the molecule is O=C(NCc1ccc(C(F)(F)F)cc1)c1cccc(Nc2ncc(-c3cccc(F)c3)cn2)c1. The molecule has 0 fully saturated rings. The van der Waals surface area contributed by atoms with Gasteiger partial charge in [0.1, 0.15) is 5.82 Å². The van der Waals surface area contributed by atoms with E-state index in [1.54, 1.807) is 48.8 Å². The van der Waals surface area contributed by atoms with E-state index in [1.165, 1.54) is 24.3 Å². The van der Waals surface area contributed by atoms with Crippen molar-refractivity contribution in [2.75, 3.05) is 5.32 Å². The number of benzene rings is 3. The van der Waals surface area contributed by atoms with Crippen LogP contribution in [-0.2, 0) is 12.7 Å². The third kappa shape index (κ3) is 5.74. The molecule has 0 atom stereocenters. The zero-order valence-electron chi connectivity index (χ0n) is 17.6. The fourth-order valence-electron chi connectivity index (χ4n) is 3.17. The number of carbonyl (C=O) groups is 1. The third-order valence-electron chi connectivity index (χ3n) is 4.93. The average Bonchev–Trinajstić information content (AvgIpc) is 2.83. The minimum Gasteiger partial charge on any atom is -0.348 e. The maximum atomic E-state index is 13.4. The molecule has 2 N–H and O–H groups in total. The van der Waals surface area contributed by atoms with Crippen molar-refractivity contribution >= 4 is 17.5 Å². The van der Waals surface area contributed by atoms with E-state index in [4.69, 9.17) is 0 Å². The molecule has 1 heterocycles. The summed E-state index contributed by atoms with van der Waals surface area (Å²) in [5.41, 5.74) is 2.03. The first-order chi connectivity index (χ1) is 16.3. The molecule has 0 saturated heterocycles. The van der Waals surface area contributed by atoms with Crippen molar-refractivity contribution in [2.24, 2.45) is 0 Å². The van der Waals surface area contributed by atoms with Crippen molar-refractivity contribution in [1.82, 2.24) is 15.3 Å². The Labute approximate surface area is 192 Å². The lowest BCUT2D eigenvalue weighted by Gasteiger charge is -2.10. The predicted molar refractivity (Wildman–Crippen MR) is 120 cm³/mol. The second-order valence-corrected chi connectivity index (χ2v) is 7.39. The maximum absolute atomic E-state index is 13.4. The Morgan fingerprint density at radius 1 is 0.853 bits per heavy atom. The molecule has 0 bridgehead atoms. The van der Waals surface area contributed by atoms with Gasteiger partial charge in [-0.1, -0.05) is 30.3 Å². The van der Waals surface area contributed by atoms with E-state index in [9.17, 15) is 22.4 Å². The fraction of sp³-hybridized carbons (Fsp3) is 0.0800. The third-order valence-corrected chi connectivity index (χ3v) is 4.93. The Morgan fingerprint density at radius 3 is 2.24 bits per heavy atom. The summed E-state index contributed by atoms with van der Waals surface area (Å²) in [5, 5.41) is 5.69. The molecular formula is C25H18F4N4O. The molecule has 0 unspecified atom stereocenters. The van der Waals surface area contributed by atoms with Crippen LogP contribution in [0.15, 0.2) is 85.2 Å². The number of amides is 1. The number of aromatic nitrogens is 2. The Balaban J connectivity index is 1.38. The molecule has 1 aromatic heterocycles. The first kappa shape index (κ1) is 22.9. The second-order valence-electron chi connectivity index (χ2n) is 7.39. The molecule has 1 amide bonds. The summed E-state index contributed by atoms with van der Waals surface area (Å²) in [6, 6.07) is 17.3. The summed E-state index contributed by atoms with van der Waals surface area (Å²) in [6.45, 7) is 0.0826. The van der Waals surface area contributed by atoms with Gasteiger partial charge in [-0.3, -0.25) is 4.79 Å². The van der Waals surface area contributed by atoms with E-state index in [1.807, 2.05) is 0 Å². The molecule has 4 rings (SSSR count). The van der Waals surface area contributed by atoms with E-state index < -0.39 is 11.7 Å². The lowest BCUT2D eigenvalue weighted by atomic mass is 10.1. The van der Waals surface area contributed by atoms with Gasteiger partial charge in [-0.05, 0) is 53.6 Å². The number of hydrogen-bond acceptors (Lipinski definition) is 4. The standard InChI is InChI=1S/C25H18F4N4O/c26-21-5-1-3-17(11-21)19-14-31-24(32-15-19)33-22-6-2-4-18(12-22)23(34)30-13-16-7-9-20(10-8-16)25(27,28)29/h1-12,14-15H,13H2,(H,30,34)(H,31,32,33). The number of nitrogens with one attached hydrogen (secondary N) is 2. The van der Waals surface area contributed by atoms with Crippen molar-refractivity contribution in [3.63, 3.8) is 0 Å². The van der Waals surface area contributed by atoms with E-state index in [0.29, 0.717) is 33.9 Å². The van der Waals surface area contributed by atoms with Gasteiger partial charge in [-0.25, -0.2) is 14.4 Å². The zero-order chi connectivity index (χ0) is 24.1. The Kier molecular flexibility index (Phi) is 6.53. The molecule has 3 aromatic carbocycles. The average molecular weight is 466 g/mol. The lowest BCUT2D eigenvalue weighted by Crippen LogP contribution is -2.22. The highest BCUT2D eigenvalue weighted by Crippen LogP contribution is 2.29. The van der Waals surface area contributed by atoms with Crippen LogP contribution < -0.4 is 10.6 Å². The second kappa shape index (κ2) is 9.70. The van der Waals surface area contributed by atoms with E-state index in [-0.39, 0.29) is 18.3 Å². The lowest BCUT2D eigenvalue weighted by molar-refractivity contribution is -0.137. The van der Waals surface area contributed by atoms with Crippen LogP contribution in [-0.4, -0.2) is 15.9 Å². The molecule has 172 valence electrons. The monoisotopic (exact) mass is 466 g/mol. The molecule has 0 aliphatic carbocycles. The molecular weight excluding hydrogens is 448 g/mol. The van der Waals surface area contributed by atoms with Gasteiger partial charge in [-0.2, -0.15) is 13.2 Å². The van der Waals surface area contributed by atoms with Crippen molar-refractivity contribution in [2.45, 2.75) is 12.7 Å². The summed E-state index contributed by atoms with van der Waals surface area (Å²) < 4.78 is 51.4. The van der Waals surface area contributed by atoms with Crippen LogP contribution in [0.25, 0.3) is 11.1 Å². The van der Waals surface area contributed by atoms with Gasteiger partial charge in [0.15, 0.2) is 0 Å². The van der Waals surface area contributed by atoms with Crippen LogP contribution in [0.1, 0.15) is 21.5 Å². The highest BCUT2D eigenvalue weighted by molar-refractivity contribution is 5.95. The summed E-state index contributed by atoms with van der Waals surface area (Å²) in [4.78, 5) is 21.0. The minimum absolute atomic E-state index is 0.0826. The van der Waals surface area contributed by atoms with Crippen molar-refractivity contribution < 1.29 is 22.4 Å². The van der Waals surface area contributed by atoms with Crippen molar-refractivity contribution in [1.29, 1.82) is 0 Å². The zero-order valence-corrected chi connectivity index (χ0v) is 17.6. The Bertz CT molecular complexity index is 1290. The number of anilines is 2. The van der Waals surface area contributed by atoms with Gasteiger partial charge in [0.05, 0.1) is 5.56 Å².